The number of hydrogen-bond acceptors (Lipinski definition) is 4. The van der Waals surface area contributed by atoms with Crippen molar-refractivity contribution in [3.63, 3.8) is 0 Å². The molecule has 0 aromatic heterocycles. The number of hydrogen-bond donors (Lipinski definition) is 1. The first kappa shape index (κ1) is 9.48. The summed E-state index contributed by atoms with van der Waals surface area (Å²) < 4.78 is 4.58. The average molecular weight is 173 g/mol. The van der Waals surface area contributed by atoms with Crippen molar-refractivity contribution >= 4 is 5.97 Å². The molecule has 1 aliphatic rings. The second kappa shape index (κ2) is 3.87. The van der Waals surface area contributed by atoms with Crippen LogP contribution in [-0.4, -0.2) is 49.3 Å². The molecule has 2 atom stereocenters. The standard InChI is InChI=1S/C8H15NO3/c1-9-4-3-7(10)6(5-9)8(11)12-2/h6-7,10H,3-5H2,1-2H3/t6-,7-/m0/s1. The molecule has 0 bridgehead atoms. The van der Waals surface area contributed by atoms with Gasteiger partial charge in [-0.2, -0.15) is 0 Å². The number of ether oxygens (including phenoxy) is 1. The van der Waals surface area contributed by atoms with Crippen molar-refractivity contribution < 1.29 is 14.6 Å². The number of methoxy groups -OCH3 is 1. The summed E-state index contributed by atoms with van der Waals surface area (Å²) in [6.45, 7) is 1.43. The first-order valence-electron chi connectivity index (χ1n) is 4.09. The van der Waals surface area contributed by atoms with Crippen LogP contribution >= 0.6 is 0 Å². The van der Waals surface area contributed by atoms with Crippen molar-refractivity contribution in [2.75, 3.05) is 27.2 Å². The Balaban J connectivity index is 2.54. The molecule has 12 heavy (non-hydrogen) atoms. The molecular formula is C8H15NO3. The number of carbonyl (C=O) groups is 1. The van der Waals surface area contributed by atoms with Crippen molar-refractivity contribution in [1.82, 2.24) is 4.90 Å². The molecule has 1 saturated heterocycles. The number of aliphatic hydroxyl groups excluding tert-OH is 1. The van der Waals surface area contributed by atoms with Gasteiger partial charge in [0.05, 0.1) is 19.1 Å². The second-order valence-corrected chi connectivity index (χ2v) is 3.25. The van der Waals surface area contributed by atoms with Crippen molar-refractivity contribution in [3.8, 4) is 0 Å². The van der Waals surface area contributed by atoms with E-state index in [-0.39, 0.29) is 11.9 Å². The largest absolute Gasteiger partial charge is 0.469 e. The monoisotopic (exact) mass is 173 g/mol. The topological polar surface area (TPSA) is 49.8 Å². The highest BCUT2D eigenvalue weighted by Crippen LogP contribution is 2.16. The maximum Gasteiger partial charge on any atom is 0.312 e. The molecule has 1 rings (SSSR count). The fourth-order valence-corrected chi connectivity index (χ4v) is 1.49. The first-order chi connectivity index (χ1) is 5.65. The Labute approximate surface area is 72.1 Å². The molecule has 4 nitrogen and oxygen atoms in total. The number of carbonyl (C=O) groups excluding carboxylic acids is 1. The average Bonchev–Trinajstić information content (AvgIpc) is 2.08. The molecule has 0 aliphatic carbocycles. The maximum atomic E-state index is 11.1. The van der Waals surface area contributed by atoms with Crippen LogP contribution in [0.15, 0.2) is 0 Å². The summed E-state index contributed by atoms with van der Waals surface area (Å²) in [7, 11) is 3.28. The maximum absolute atomic E-state index is 11.1. The summed E-state index contributed by atoms with van der Waals surface area (Å²) in [6, 6.07) is 0. The van der Waals surface area contributed by atoms with Crippen LogP contribution in [0.5, 0.6) is 0 Å². The molecule has 0 saturated carbocycles. The summed E-state index contributed by atoms with van der Waals surface area (Å²) in [5, 5.41) is 9.46. The van der Waals surface area contributed by atoms with Crippen molar-refractivity contribution in [2.24, 2.45) is 5.92 Å². The molecule has 1 N–H and O–H groups in total. The number of nitrogens with zero attached hydrogens (tertiary/aromatic N) is 1. The number of aliphatic hydroxyl groups is 1. The Hall–Kier alpha value is -0.610. The van der Waals surface area contributed by atoms with Crippen LogP contribution in [0.3, 0.4) is 0 Å². The van der Waals surface area contributed by atoms with Crippen LogP contribution in [0.2, 0.25) is 0 Å². The molecule has 1 fully saturated rings. The summed E-state index contributed by atoms with van der Waals surface area (Å²) in [6.07, 6.45) is 0.115. The smallest absolute Gasteiger partial charge is 0.312 e. The number of rotatable bonds is 1. The van der Waals surface area contributed by atoms with Crippen LogP contribution in [0.1, 0.15) is 6.42 Å². The fourth-order valence-electron chi connectivity index (χ4n) is 1.49. The summed E-state index contributed by atoms with van der Waals surface area (Å²) in [5.41, 5.74) is 0. The van der Waals surface area contributed by atoms with Crippen molar-refractivity contribution in [1.29, 1.82) is 0 Å². The third-order valence-corrected chi connectivity index (χ3v) is 2.28. The summed E-state index contributed by atoms with van der Waals surface area (Å²) in [4.78, 5) is 13.1. The lowest BCUT2D eigenvalue weighted by Gasteiger charge is -2.31. The van der Waals surface area contributed by atoms with Crippen LogP contribution < -0.4 is 0 Å². The van der Waals surface area contributed by atoms with E-state index in [2.05, 4.69) is 4.74 Å². The third-order valence-electron chi connectivity index (χ3n) is 2.28. The Bertz CT molecular complexity index is 172. The SMILES string of the molecule is COC(=O)[C@H]1CN(C)CC[C@@H]1O. The third kappa shape index (κ3) is 1.95. The normalized spacial score (nSPS) is 31.6. The Kier molecular flexibility index (Phi) is 3.05. The lowest BCUT2D eigenvalue weighted by atomic mass is 9.95. The highest BCUT2D eigenvalue weighted by atomic mass is 16.5. The zero-order valence-electron chi connectivity index (χ0n) is 7.49. The molecule has 0 unspecified atom stereocenters. The summed E-state index contributed by atoms with van der Waals surface area (Å²) >= 11 is 0. The van der Waals surface area contributed by atoms with Gasteiger partial charge in [0.2, 0.25) is 0 Å². The molecule has 1 aliphatic heterocycles. The lowest BCUT2D eigenvalue weighted by molar-refractivity contribution is -0.152. The van der Waals surface area contributed by atoms with Crippen LogP contribution in [-0.2, 0) is 9.53 Å². The van der Waals surface area contributed by atoms with E-state index in [1.807, 2.05) is 11.9 Å². The Morgan fingerprint density at radius 1 is 1.67 bits per heavy atom. The number of esters is 1. The van der Waals surface area contributed by atoms with Gasteiger partial charge in [-0.05, 0) is 13.5 Å². The molecule has 0 amide bonds. The minimum atomic E-state index is -0.534. The molecule has 4 heteroatoms. The fraction of sp³-hybridized carbons (Fsp3) is 0.875. The highest BCUT2D eigenvalue weighted by Gasteiger charge is 2.32. The molecule has 0 aromatic rings. The van der Waals surface area contributed by atoms with E-state index in [0.717, 1.165) is 6.54 Å². The first-order valence-corrected chi connectivity index (χ1v) is 4.09. The lowest BCUT2D eigenvalue weighted by Crippen LogP contribution is -2.45. The van der Waals surface area contributed by atoms with Crippen molar-refractivity contribution in [3.05, 3.63) is 0 Å². The van der Waals surface area contributed by atoms with Gasteiger partial charge in [-0.15, -0.1) is 0 Å². The Morgan fingerprint density at radius 3 is 2.92 bits per heavy atom. The van der Waals surface area contributed by atoms with E-state index in [1.54, 1.807) is 0 Å². The van der Waals surface area contributed by atoms with Gasteiger partial charge in [-0.1, -0.05) is 0 Å². The van der Waals surface area contributed by atoms with Gasteiger partial charge in [-0.25, -0.2) is 0 Å². The summed E-state index contributed by atoms with van der Waals surface area (Å²) in [5.74, 6) is -0.678. The molecule has 0 radical (unpaired) electrons. The van der Waals surface area contributed by atoms with Crippen LogP contribution in [0, 0.1) is 5.92 Å². The predicted octanol–water partition coefficient (Wildman–Crippen LogP) is -0.528. The van der Waals surface area contributed by atoms with E-state index in [1.165, 1.54) is 7.11 Å². The zero-order chi connectivity index (χ0) is 9.14. The van der Waals surface area contributed by atoms with Crippen LogP contribution in [0.4, 0.5) is 0 Å². The quantitative estimate of drug-likeness (QED) is 0.542. The molecule has 70 valence electrons. The van der Waals surface area contributed by atoms with Gasteiger partial charge in [0.25, 0.3) is 0 Å². The van der Waals surface area contributed by atoms with E-state index in [4.69, 9.17) is 0 Å². The minimum absolute atomic E-state index is 0.311. The van der Waals surface area contributed by atoms with Gasteiger partial charge in [-0.3, -0.25) is 4.79 Å². The van der Waals surface area contributed by atoms with Gasteiger partial charge in [0.1, 0.15) is 0 Å². The highest BCUT2D eigenvalue weighted by molar-refractivity contribution is 5.73. The second-order valence-electron chi connectivity index (χ2n) is 3.25. The van der Waals surface area contributed by atoms with Gasteiger partial charge < -0.3 is 14.7 Å². The van der Waals surface area contributed by atoms with E-state index < -0.39 is 6.10 Å². The molecule has 0 aromatic carbocycles. The molecule has 0 spiro atoms. The molecular weight excluding hydrogens is 158 g/mol. The zero-order valence-corrected chi connectivity index (χ0v) is 7.49. The van der Waals surface area contributed by atoms with Crippen molar-refractivity contribution in [2.45, 2.75) is 12.5 Å². The Morgan fingerprint density at radius 2 is 2.33 bits per heavy atom. The van der Waals surface area contributed by atoms with E-state index >= 15 is 0 Å². The molecule has 1 heterocycles. The van der Waals surface area contributed by atoms with Gasteiger partial charge in [0, 0.05) is 13.1 Å². The van der Waals surface area contributed by atoms with Gasteiger partial charge >= 0.3 is 5.97 Å². The number of piperidine rings is 1. The minimum Gasteiger partial charge on any atom is -0.469 e. The van der Waals surface area contributed by atoms with Gasteiger partial charge in [0.15, 0.2) is 0 Å². The van der Waals surface area contributed by atoms with E-state index in [0.29, 0.717) is 13.0 Å². The van der Waals surface area contributed by atoms with E-state index in [9.17, 15) is 9.90 Å². The predicted molar refractivity (Wildman–Crippen MR) is 43.6 cm³/mol. The number of likely N-dealkylation sites (tertiary alicyclic amines) is 1. The van der Waals surface area contributed by atoms with Crippen LogP contribution in [0.25, 0.3) is 0 Å².